The Morgan fingerprint density at radius 2 is 1.60 bits per heavy atom. The number of esters is 2. The fourth-order valence-corrected chi connectivity index (χ4v) is 3.54. The van der Waals surface area contributed by atoms with Crippen LogP contribution in [0.25, 0.3) is 0 Å². The van der Waals surface area contributed by atoms with E-state index in [-0.39, 0.29) is 41.5 Å². The van der Waals surface area contributed by atoms with Gasteiger partial charge in [0, 0.05) is 24.3 Å². The number of nitrogens with zero attached hydrogens (tertiary/aromatic N) is 3. The highest BCUT2D eigenvalue weighted by Crippen LogP contribution is 2.37. The van der Waals surface area contributed by atoms with Crippen LogP contribution in [0.4, 0.5) is 24.5 Å². The van der Waals surface area contributed by atoms with Gasteiger partial charge in [-0.1, -0.05) is 11.6 Å². The Balaban J connectivity index is 1.54. The number of non-ortho nitro benzene ring substituents is 1. The number of nitro benzene ring substituents is 2. The first kappa shape index (κ1) is 32.1. The highest BCUT2D eigenvalue weighted by molar-refractivity contribution is 6.32. The standard InChI is InChI=1S/C26H17ClF3N3O10/c27-20-12-16(26(28,29)30)1-5-23(20)43-18-3-4-21(33(38)39)19(13-18)25(35)42-10-9-41-24(34)7-8-40-22-6-2-17(32(36)37)11-15(22)14-31/h1-6,11-13H,7-10H2. The van der Waals surface area contributed by atoms with Gasteiger partial charge in [0.05, 0.1) is 33.5 Å². The number of halogens is 4. The number of carbonyl (C=O) groups excluding carboxylic acids is 2. The molecule has 0 bridgehead atoms. The lowest BCUT2D eigenvalue weighted by atomic mass is 10.1. The Morgan fingerprint density at radius 1 is 0.907 bits per heavy atom. The Hall–Kier alpha value is -5.43. The third kappa shape index (κ3) is 8.78. The van der Waals surface area contributed by atoms with Crippen LogP contribution in [0.1, 0.15) is 27.9 Å². The van der Waals surface area contributed by atoms with E-state index in [1.165, 1.54) is 6.07 Å². The van der Waals surface area contributed by atoms with Crippen molar-refractivity contribution in [3.63, 3.8) is 0 Å². The summed E-state index contributed by atoms with van der Waals surface area (Å²) in [5.74, 6) is -2.33. The van der Waals surface area contributed by atoms with Crippen LogP contribution in [0, 0.1) is 31.6 Å². The largest absolute Gasteiger partial charge is 0.492 e. The Kier molecular flexibility index (Phi) is 10.4. The first-order valence-electron chi connectivity index (χ1n) is 11.8. The molecule has 3 rings (SSSR count). The number of benzene rings is 3. The van der Waals surface area contributed by atoms with Crippen molar-refractivity contribution in [2.75, 3.05) is 19.8 Å². The number of ether oxygens (including phenoxy) is 4. The zero-order valence-electron chi connectivity index (χ0n) is 21.5. The minimum Gasteiger partial charge on any atom is -0.492 e. The molecule has 0 amide bonds. The van der Waals surface area contributed by atoms with Gasteiger partial charge in [-0.05, 0) is 30.3 Å². The second-order valence-corrected chi connectivity index (χ2v) is 8.59. The maximum Gasteiger partial charge on any atom is 0.416 e. The molecule has 0 saturated carbocycles. The van der Waals surface area contributed by atoms with Gasteiger partial charge in [0.2, 0.25) is 0 Å². The second kappa shape index (κ2) is 14.0. The lowest BCUT2D eigenvalue weighted by molar-refractivity contribution is -0.385. The van der Waals surface area contributed by atoms with Crippen LogP contribution in [0.15, 0.2) is 54.6 Å². The molecule has 0 radical (unpaired) electrons. The SMILES string of the molecule is N#Cc1cc([N+](=O)[O-])ccc1OCCC(=O)OCCOC(=O)c1cc(Oc2ccc(C(F)(F)F)cc2Cl)ccc1[N+](=O)[O-]. The van der Waals surface area contributed by atoms with Crippen molar-refractivity contribution in [1.29, 1.82) is 5.26 Å². The number of alkyl halides is 3. The lowest BCUT2D eigenvalue weighted by Crippen LogP contribution is -2.16. The molecular weight excluding hydrogens is 607 g/mol. The van der Waals surface area contributed by atoms with Gasteiger partial charge in [0.25, 0.3) is 11.4 Å². The van der Waals surface area contributed by atoms with E-state index in [0.29, 0.717) is 12.1 Å². The monoisotopic (exact) mass is 623 g/mol. The highest BCUT2D eigenvalue weighted by atomic mass is 35.5. The van der Waals surface area contributed by atoms with E-state index >= 15 is 0 Å². The molecular formula is C26H17ClF3N3O10. The normalized spacial score (nSPS) is 10.8. The summed E-state index contributed by atoms with van der Waals surface area (Å²) in [6.07, 6.45) is -4.95. The number of carbonyl (C=O) groups is 2. The minimum atomic E-state index is -4.65. The van der Waals surface area contributed by atoms with Crippen LogP contribution in [0.5, 0.6) is 17.2 Å². The minimum absolute atomic E-state index is 0.0169. The Labute approximate surface area is 244 Å². The van der Waals surface area contributed by atoms with Crippen LogP contribution in [-0.4, -0.2) is 41.6 Å². The summed E-state index contributed by atoms with van der Waals surface area (Å²) in [5.41, 5.74) is -2.66. The number of rotatable bonds is 12. The van der Waals surface area contributed by atoms with E-state index in [4.69, 9.17) is 35.8 Å². The average molecular weight is 624 g/mol. The maximum absolute atomic E-state index is 12.9. The van der Waals surface area contributed by atoms with Gasteiger partial charge in [-0.2, -0.15) is 18.4 Å². The molecule has 0 atom stereocenters. The topological polar surface area (TPSA) is 181 Å². The van der Waals surface area contributed by atoms with Crippen molar-refractivity contribution in [2.45, 2.75) is 12.6 Å². The zero-order chi connectivity index (χ0) is 31.7. The molecule has 3 aromatic carbocycles. The summed E-state index contributed by atoms with van der Waals surface area (Å²) >= 11 is 5.86. The molecule has 0 aliphatic carbocycles. The van der Waals surface area contributed by atoms with Gasteiger partial charge in [-0.15, -0.1) is 0 Å². The first-order chi connectivity index (χ1) is 20.3. The smallest absolute Gasteiger partial charge is 0.416 e. The predicted molar refractivity (Wildman–Crippen MR) is 139 cm³/mol. The van der Waals surface area contributed by atoms with Crippen molar-refractivity contribution in [3.8, 4) is 23.3 Å². The number of hydrogen-bond donors (Lipinski definition) is 0. The molecule has 43 heavy (non-hydrogen) atoms. The average Bonchev–Trinajstić information content (AvgIpc) is 2.95. The molecule has 224 valence electrons. The lowest BCUT2D eigenvalue weighted by Gasteiger charge is -2.12. The molecule has 0 unspecified atom stereocenters. The zero-order valence-corrected chi connectivity index (χ0v) is 22.2. The van der Waals surface area contributed by atoms with E-state index in [1.807, 2.05) is 0 Å². The van der Waals surface area contributed by atoms with Gasteiger partial charge in [-0.25, -0.2) is 4.79 Å². The molecule has 0 saturated heterocycles. The molecule has 0 fully saturated rings. The third-order valence-corrected chi connectivity index (χ3v) is 5.60. The molecule has 0 heterocycles. The van der Waals surface area contributed by atoms with Crippen molar-refractivity contribution < 1.29 is 51.6 Å². The molecule has 3 aromatic rings. The molecule has 0 N–H and O–H groups in total. The summed E-state index contributed by atoms with van der Waals surface area (Å²) in [4.78, 5) is 45.1. The maximum atomic E-state index is 12.9. The Morgan fingerprint density at radius 3 is 2.23 bits per heavy atom. The molecule has 0 aliphatic rings. The molecule has 0 spiro atoms. The Bertz CT molecular complexity index is 1610. The molecule has 17 heteroatoms. The van der Waals surface area contributed by atoms with Crippen molar-refractivity contribution in [3.05, 3.63) is 96.5 Å². The van der Waals surface area contributed by atoms with Crippen molar-refractivity contribution in [2.24, 2.45) is 0 Å². The van der Waals surface area contributed by atoms with E-state index in [0.717, 1.165) is 36.4 Å². The summed E-state index contributed by atoms with van der Waals surface area (Å²) in [6.45, 7) is -1.18. The highest BCUT2D eigenvalue weighted by Gasteiger charge is 2.31. The van der Waals surface area contributed by atoms with Crippen LogP contribution in [0.3, 0.4) is 0 Å². The van der Waals surface area contributed by atoms with Crippen LogP contribution in [-0.2, 0) is 20.4 Å². The van der Waals surface area contributed by atoms with Gasteiger partial charge in [0.15, 0.2) is 0 Å². The fourth-order valence-electron chi connectivity index (χ4n) is 3.32. The summed E-state index contributed by atoms with van der Waals surface area (Å²) in [5, 5.41) is 30.9. The first-order valence-corrected chi connectivity index (χ1v) is 12.1. The summed E-state index contributed by atoms with van der Waals surface area (Å²) in [6, 6.07) is 10.3. The predicted octanol–water partition coefficient (Wildman–Crippen LogP) is 6.01. The van der Waals surface area contributed by atoms with E-state index in [2.05, 4.69) is 0 Å². The number of nitriles is 1. The van der Waals surface area contributed by atoms with Crippen LogP contribution in [0.2, 0.25) is 5.02 Å². The fraction of sp³-hybridized carbons (Fsp3) is 0.192. The van der Waals surface area contributed by atoms with Gasteiger partial charge >= 0.3 is 18.1 Å². The second-order valence-electron chi connectivity index (χ2n) is 8.19. The summed E-state index contributed by atoms with van der Waals surface area (Å²) < 4.78 is 59.1. The van der Waals surface area contributed by atoms with Crippen LogP contribution >= 0.6 is 11.6 Å². The van der Waals surface area contributed by atoms with Gasteiger partial charge in [0.1, 0.15) is 47.7 Å². The third-order valence-electron chi connectivity index (χ3n) is 5.31. The molecule has 0 aromatic heterocycles. The van der Waals surface area contributed by atoms with E-state index in [9.17, 15) is 43.0 Å². The van der Waals surface area contributed by atoms with Crippen LogP contribution < -0.4 is 9.47 Å². The molecule has 13 nitrogen and oxygen atoms in total. The number of nitro groups is 2. The summed E-state index contributed by atoms with van der Waals surface area (Å²) in [7, 11) is 0. The van der Waals surface area contributed by atoms with Gasteiger partial charge in [-0.3, -0.25) is 25.0 Å². The number of hydrogen-bond acceptors (Lipinski definition) is 11. The molecule has 0 aliphatic heterocycles. The van der Waals surface area contributed by atoms with E-state index in [1.54, 1.807) is 6.07 Å². The quantitative estimate of drug-likeness (QED) is 0.0997. The van der Waals surface area contributed by atoms with Crippen molar-refractivity contribution in [1.82, 2.24) is 0 Å². The van der Waals surface area contributed by atoms with Gasteiger partial charge < -0.3 is 18.9 Å². The van der Waals surface area contributed by atoms with E-state index < -0.39 is 63.0 Å². The van der Waals surface area contributed by atoms with Crippen molar-refractivity contribution >= 4 is 34.9 Å².